The minimum atomic E-state index is -1.12. The highest BCUT2D eigenvalue weighted by molar-refractivity contribution is 5.81. The molecular weight excluding hydrogens is 460 g/mol. The van der Waals surface area contributed by atoms with Gasteiger partial charge in [0, 0.05) is 19.0 Å². The molecule has 11 heteroatoms. The summed E-state index contributed by atoms with van der Waals surface area (Å²) in [4.78, 5) is 22.8. The zero-order valence-electron chi connectivity index (χ0n) is 20.9. The second-order valence-corrected chi connectivity index (χ2v) is 9.88. The summed E-state index contributed by atoms with van der Waals surface area (Å²) in [6.45, 7) is 7.67. The zero-order valence-corrected chi connectivity index (χ0v) is 20.9. The van der Waals surface area contributed by atoms with E-state index in [9.17, 15) is 10.2 Å². The number of benzene rings is 1. The van der Waals surface area contributed by atoms with Gasteiger partial charge in [-0.05, 0) is 57.9 Å². The summed E-state index contributed by atoms with van der Waals surface area (Å²) in [5.74, 6) is 1.26. The molecular formula is C25H34N8O3. The van der Waals surface area contributed by atoms with Crippen LogP contribution in [0.1, 0.15) is 44.3 Å². The first-order chi connectivity index (χ1) is 17.3. The maximum atomic E-state index is 10.8. The summed E-state index contributed by atoms with van der Waals surface area (Å²) in [7, 11) is 0. The van der Waals surface area contributed by atoms with Crippen molar-refractivity contribution in [2.24, 2.45) is 0 Å². The Labute approximate surface area is 209 Å². The van der Waals surface area contributed by atoms with Gasteiger partial charge in [0.2, 0.25) is 0 Å². The third-order valence-corrected chi connectivity index (χ3v) is 6.94. The van der Waals surface area contributed by atoms with Crippen LogP contribution in [0.25, 0.3) is 22.2 Å². The van der Waals surface area contributed by atoms with Gasteiger partial charge < -0.3 is 25.7 Å². The van der Waals surface area contributed by atoms with Crippen molar-refractivity contribution in [3.8, 4) is 0 Å². The van der Waals surface area contributed by atoms with Crippen LogP contribution in [0.15, 0.2) is 30.9 Å². The number of H-pyrrole nitrogens is 1. The van der Waals surface area contributed by atoms with E-state index in [1.807, 2.05) is 0 Å². The van der Waals surface area contributed by atoms with Gasteiger partial charge >= 0.3 is 0 Å². The number of aliphatic hydroxyl groups excluding tert-OH is 2. The lowest BCUT2D eigenvalue weighted by molar-refractivity contribution is -0.0469. The Morgan fingerprint density at radius 2 is 2.00 bits per heavy atom. The average Bonchev–Trinajstić information content (AvgIpc) is 3.53. The van der Waals surface area contributed by atoms with E-state index in [4.69, 9.17) is 15.5 Å². The number of nitrogens with one attached hydrogen (secondary N) is 1. The molecule has 1 saturated heterocycles. The van der Waals surface area contributed by atoms with Crippen LogP contribution in [-0.4, -0.2) is 82.0 Å². The summed E-state index contributed by atoms with van der Waals surface area (Å²) in [5, 5.41) is 21.6. The van der Waals surface area contributed by atoms with Crippen LogP contribution in [0.5, 0.6) is 0 Å². The fourth-order valence-electron chi connectivity index (χ4n) is 4.85. The van der Waals surface area contributed by atoms with E-state index in [-0.39, 0.29) is 11.9 Å². The lowest BCUT2D eigenvalue weighted by Crippen LogP contribution is -2.43. The maximum Gasteiger partial charge on any atom is 0.167 e. The zero-order chi connectivity index (χ0) is 25.4. The average molecular weight is 495 g/mol. The Bertz CT molecular complexity index is 1340. The highest BCUT2D eigenvalue weighted by atomic mass is 16.6. The summed E-state index contributed by atoms with van der Waals surface area (Å²) in [5.41, 5.74) is 10.1. The molecule has 0 saturated carbocycles. The first-order valence-corrected chi connectivity index (χ1v) is 12.5. The quantitative estimate of drug-likeness (QED) is 0.256. The fraction of sp³-hybridized carbons (Fsp3) is 0.520. The maximum absolute atomic E-state index is 10.8. The Kier molecular flexibility index (Phi) is 6.89. The first-order valence-electron chi connectivity index (χ1n) is 12.5. The lowest BCUT2D eigenvalue weighted by atomic mass is 10.1. The van der Waals surface area contributed by atoms with Gasteiger partial charge in [-0.15, -0.1) is 0 Å². The van der Waals surface area contributed by atoms with Crippen LogP contribution in [0.4, 0.5) is 5.82 Å². The molecule has 11 nitrogen and oxygen atoms in total. The Hall–Kier alpha value is -3.12. The molecule has 4 atom stereocenters. The van der Waals surface area contributed by atoms with Gasteiger partial charge in [-0.2, -0.15) is 0 Å². The van der Waals surface area contributed by atoms with E-state index in [0.29, 0.717) is 17.7 Å². The molecule has 5 rings (SSSR count). The van der Waals surface area contributed by atoms with Gasteiger partial charge in [0.15, 0.2) is 17.7 Å². The van der Waals surface area contributed by atoms with Gasteiger partial charge in [-0.3, -0.25) is 9.47 Å². The van der Waals surface area contributed by atoms with Crippen LogP contribution in [0.2, 0.25) is 0 Å². The van der Waals surface area contributed by atoms with Crippen LogP contribution < -0.4 is 5.73 Å². The van der Waals surface area contributed by atoms with Gasteiger partial charge in [-0.25, -0.2) is 19.9 Å². The molecule has 0 unspecified atom stereocenters. The SMILES string of the molecule is Cc1ccc2[nH]c(CCCCN(C[C@H]3O[C@@H](n4cnc5c(N)ncnc54)[C@H](O)[C@@H]3O)C(C)C)nc2c1. The van der Waals surface area contributed by atoms with E-state index in [1.54, 1.807) is 4.57 Å². The molecule has 4 heterocycles. The second kappa shape index (κ2) is 10.1. The van der Waals surface area contributed by atoms with E-state index in [2.05, 4.69) is 63.8 Å². The number of nitrogens with zero attached hydrogens (tertiary/aromatic N) is 6. The van der Waals surface area contributed by atoms with Crippen LogP contribution >= 0.6 is 0 Å². The van der Waals surface area contributed by atoms with Crippen LogP contribution in [0.3, 0.4) is 0 Å². The molecule has 36 heavy (non-hydrogen) atoms. The number of nitrogen functional groups attached to an aromatic ring is 1. The number of anilines is 1. The summed E-state index contributed by atoms with van der Waals surface area (Å²) < 4.78 is 7.75. The molecule has 3 aromatic heterocycles. The van der Waals surface area contributed by atoms with Crippen LogP contribution in [-0.2, 0) is 11.2 Å². The van der Waals surface area contributed by atoms with E-state index < -0.39 is 24.5 Å². The largest absolute Gasteiger partial charge is 0.387 e. The predicted octanol–water partition coefficient (Wildman–Crippen LogP) is 1.95. The third-order valence-electron chi connectivity index (χ3n) is 6.94. The standard InChI is InChI=1S/C25H34N8O3/c1-14(2)32(9-5-4-6-19-30-16-8-7-15(3)10-17(16)31-19)11-18-21(34)22(35)25(36-18)33-13-29-20-23(26)27-12-28-24(20)33/h7-8,10,12-14,18,21-22,25,34-35H,4-6,9,11H2,1-3H3,(H,30,31)(H2,26,27,28)/t18-,21-,22-,25-/m1/s1. The topological polar surface area (TPSA) is 151 Å². The molecule has 0 bridgehead atoms. The van der Waals surface area contributed by atoms with Gasteiger partial charge in [0.05, 0.1) is 17.4 Å². The van der Waals surface area contributed by atoms with E-state index >= 15 is 0 Å². The number of aromatic amines is 1. The third kappa shape index (κ3) is 4.79. The normalized spacial score (nSPS) is 22.5. The van der Waals surface area contributed by atoms with Gasteiger partial charge in [-0.1, -0.05) is 6.07 Å². The number of fused-ring (bicyclic) bond motifs is 2. The Morgan fingerprint density at radius 3 is 2.81 bits per heavy atom. The molecule has 0 amide bonds. The van der Waals surface area contributed by atoms with Crippen molar-refractivity contribution < 1.29 is 14.9 Å². The summed E-state index contributed by atoms with van der Waals surface area (Å²) in [6, 6.07) is 6.52. The Balaban J connectivity index is 1.19. The molecule has 0 aliphatic carbocycles. The molecule has 1 aliphatic rings. The molecule has 1 fully saturated rings. The Morgan fingerprint density at radius 1 is 1.17 bits per heavy atom. The number of hydrogen-bond acceptors (Lipinski definition) is 9. The van der Waals surface area contributed by atoms with Crippen molar-refractivity contribution >= 4 is 28.0 Å². The number of unbranched alkanes of at least 4 members (excludes halogenated alkanes) is 1. The predicted molar refractivity (Wildman–Crippen MR) is 136 cm³/mol. The highest BCUT2D eigenvalue weighted by Gasteiger charge is 2.45. The van der Waals surface area contributed by atoms with Crippen molar-refractivity contribution in [3.63, 3.8) is 0 Å². The molecule has 192 valence electrons. The number of nitrogens with two attached hydrogens (primary N) is 1. The number of aryl methyl sites for hydroxylation is 2. The highest BCUT2D eigenvalue weighted by Crippen LogP contribution is 2.32. The second-order valence-electron chi connectivity index (χ2n) is 9.88. The van der Waals surface area contributed by atoms with Crippen molar-refractivity contribution in [1.82, 2.24) is 34.4 Å². The molecule has 1 aliphatic heterocycles. The molecule has 0 spiro atoms. The number of imidazole rings is 2. The molecule has 4 aromatic rings. The van der Waals surface area contributed by atoms with Crippen molar-refractivity contribution in [1.29, 1.82) is 0 Å². The molecule has 1 aromatic carbocycles. The molecule has 5 N–H and O–H groups in total. The minimum Gasteiger partial charge on any atom is -0.387 e. The van der Waals surface area contributed by atoms with Crippen LogP contribution in [0, 0.1) is 6.92 Å². The number of aliphatic hydroxyl groups is 2. The van der Waals surface area contributed by atoms with Gasteiger partial charge in [0.1, 0.15) is 36.0 Å². The minimum absolute atomic E-state index is 0.257. The lowest BCUT2D eigenvalue weighted by Gasteiger charge is -2.30. The van der Waals surface area contributed by atoms with Crippen molar-refractivity contribution in [2.45, 2.75) is 70.6 Å². The molecule has 0 radical (unpaired) electrons. The number of rotatable bonds is 9. The first kappa shape index (κ1) is 24.6. The van der Waals surface area contributed by atoms with Gasteiger partial charge in [0.25, 0.3) is 0 Å². The smallest absolute Gasteiger partial charge is 0.167 e. The number of hydrogen-bond donors (Lipinski definition) is 4. The summed E-state index contributed by atoms with van der Waals surface area (Å²) >= 11 is 0. The number of ether oxygens (including phenoxy) is 1. The monoisotopic (exact) mass is 494 g/mol. The van der Waals surface area contributed by atoms with E-state index in [0.717, 1.165) is 42.7 Å². The van der Waals surface area contributed by atoms with Crippen molar-refractivity contribution in [3.05, 3.63) is 42.2 Å². The van der Waals surface area contributed by atoms with E-state index in [1.165, 1.54) is 18.2 Å². The number of aromatic nitrogens is 6. The summed E-state index contributed by atoms with van der Waals surface area (Å²) in [6.07, 6.45) is 2.19. The fourth-order valence-corrected chi connectivity index (χ4v) is 4.85. The van der Waals surface area contributed by atoms with Crippen molar-refractivity contribution in [2.75, 3.05) is 18.8 Å².